The minimum atomic E-state index is 0.0385. The molecule has 1 amide bonds. The normalized spacial score (nSPS) is 13.6. The van der Waals surface area contributed by atoms with Crippen LogP contribution < -0.4 is 10.2 Å². The van der Waals surface area contributed by atoms with Crippen LogP contribution in [0, 0.1) is 6.92 Å². The van der Waals surface area contributed by atoms with E-state index in [2.05, 4.69) is 44.9 Å². The molecular formula is C18H19N5OS3. The maximum Gasteiger partial charge on any atom is 0.225 e. The summed E-state index contributed by atoms with van der Waals surface area (Å²) in [6, 6.07) is 8.47. The molecule has 0 aliphatic heterocycles. The van der Waals surface area contributed by atoms with Crippen molar-refractivity contribution in [1.82, 2.24) is 15.2 Å². The first-order valence-electron chi connectivity index (χ1n) is 8.63. The molecule has 3 aromatic rings. The molecule has 4 rings (SSSR count). The third kappa shape index (κ3) is 4.48. The van der Waals surface area contributed by atoms with Crippen LogP contribution >= 0.6 is 34.4 Å². The highest BCUT2D eigenvalue weighted by Crippen LogP contribution is 2.36. The number of amides is 1. The molecule has 1 N–H and O–H groups in total. The highest BCUT2D eigenvalue weighted by molar-refractivity contribution is 8.00. The van der Waals surface area contributed by atoms with Gasteiger partial charge in [-0.05, 0) is 31.4 Å². The van der Waals surface area contributed by atoms with Gasteiger partial charge in [-0.25, -0.2) is 4.98 Å². The third-order valence-corrected chi connectivity index (χ3v) is 7.03. The molecule has 0 spiro atoms. The first kappa shape index (κ1) is 18.4. The fourth-order valence-corrected chi connectivity index (χ4v) is 5.31. The molecule has 6 nitrogen and oxygen atoms in total. The number of carbonyl (C=O) groups excluding carboxylic acids is 1. The monoisotopic (exact) mass is 417 g/mol. The summed E-state index contributed by atoms with van der Waals surface area (Å²) >= 11 is 4.67. The standard InChI is InChI=1S/C18H19N5OS3/c1-11-5-3-4-6-15(11)20-16-19-13(9-25-16)10-26-18-22-21-17(27-18)23(12(2)24)14-7-8-14/h3-6,9,14H,7-8,10H2,1-2H3,(H,19,20). The number of thioether (sulfide) groups is 1. The number of hydrogen-bond donors (Lipinski definition) is 1. The molecular weight excluding hydrogens is 398 g/mol. The van der Waals surface area contributed by atoms with Crippen LogP contribution in [-0.2, 0) is 10.5 Å². The number of aromatic nitrogens is 3. The van der Waals surface area contributed by atoms with Gasteiger partial charge < -0.3 is 5.32 Å². The summed E-state index contributed by atoms with van der Waals surface area (Å²) in [4.78, 5) is 18.3. The van der Waals surface area contributed by atoms with E-state index in [0.29, 0.717) is 11.2 Å². The van der Waals surface area contributed by atoms with Crippen molar-refractivity contribution in [3.63, 3.8) is 0 Å². The molecule has 0 atom stereocenters. The van der Waals surface area contributed by atoms with Crippen molar-refractivity contribution in [3.05, 3.63) is 40.9 Å². The molecule has 2 aromatic heterocycles. The van der Waals surface area contributed by atoms with E-state index < -0.39 is 0 Å². The Labute approximate surface area is 170 Å². The Morgan fingerprint density at radius 1 is 1.33 bits per heavy atom. The number of benzene rings is 1. The van der Waals surface area contributed by atoms with Crippen molar-refractivity contribution >= 4 is 56.3 Å². The minimum Gasteiger partial charge on any atom is -0.331 e. The van der Waals surface area contributed by atoms with Crippen LogP contribution in [0.2, 0.25) is 0 Å². The van der Waals surface area contributed by atoms with Gasteiger partial charge >= 0.3 is 0 Å². The summed E-state index contributed by atoms with van der Waals surface area (Å²) in [6.45, 7) is 3.66. The fraction of sp³-hybridized carbons (Fsp3) is 0.333. The van der Waals surface area contributed by atoms with E-state index in [1.165, 1.54) is 16.9 Å². The molecule has 140 valence electrons. The molecule has 0 unspecified atom stereocenters. The first-order chi connectivity index (χ1) is 13.1. The van der Waals surface area contributed by atoms with Crippen molar-refractivity contribution in [1.29, 1.82) is 0 Å². The summed E-state index contributed by atoms with van der Waals surface area (Å²) in [6.07, 6.45) is 2.11. The quantitative estimate of drug-likeness (QED) is 0.437. The second kappa shape index (κ2) is 7.95. The van der Waals surface area contributed by atoms with E-state index in [4.69, 9.17) is 0 Å². The van der Waals surface area contributed by atoms with Crippen molar-refractivity contribution < 1.29 is 4.79 Å². The Balaban J connectivity index is 1.36. The number of carbonyl (C=O) groups is 1. The van der Waals surface area contributed by atoms with E-state index >= 15 is 0 Å². The van der Waals surface area contributed by atoms with Gasteiger partial charge in [-0.15, -0.1) is 21.5 Å². The zero-order valence-electron chi connectivity index (χ0n) is 15.0. The summed E-state index contributed by atoms with van der Waals surface area (Å²) in [5, 5.41) is 15.4. The molecule has 1 fully saturated rings. The molecule has 1 aliphatic rings. The summed E-state index contributed by atoms with van der Waals surface area (Å²) in [5.74, 6) is 0.765. The molecule has 0 radical (unpaired) electrons. The van der Waals surface area contributed by atoms with Crippen LogP contribution in [0.25, 0.3) is 0 Å². The molecule has 1 aliphatic carbocycles. The van der Waals surface area contributed by atoms with E-state index in [1.807, 2.05) is 12.1 Å². The maximum absolute atomic E-state index is 11.8. The number of aryl methyl sites for hydroxylation is 1. The zero-order chi connectivity index (χ0) is 18.8. The molecule has 2 heterocycles. The van der Waals surface area contributed by atoms with E-state index in [9.17, 15) is 4.79 Å². The second-order valence-corrected chi connectivity index (χ2v) is 9.38. The van der Waals surface area contributed by atoms with Crippen molar-refractivity contribution in [2.75, 3.05) is 10.2 Å². The largest absolute Gasteiger partial charge is 0.331 e. The van der Waals surface area contributed by atoms with Gasteiger partial charge in [0, 0.05) is 29.8 Å². The highest BCUT2D eigenvalue weighted by Gasteiger charge is 2.34. The fourth-order valence-electron chi connectivity index (χ4n) is 2.63. The molecule has 27 heavy (non-hydrogen) atoms. The van der Waals surface area contributed by atoms with Crippen molar-refractivity contribution in [3.8, 4) is 0 Å². The Bertz CT molecular complexity index is 950. The van der Waals surface area contributed by atoms with E-state index in [-0.39, 0.29) is 5.91 Å². The van der Waals surface area contributed by atoms with Crippen LogP contribution in [0.1, 0.15) is 31.0 Å². The molecule has 1 saturated carbocycles. The Kier molecular flexibility index (Phi) is 5.42. The Morgan fingerprint density at radius 3 is 2.89 bits per heavy atom. The van der Waals surface area contributed by atoms with Crippen LogP contribution in [0.5, 0.6) is 0 Å². The third-order valence-electron chi connectivity index (χ3n) is 4.14. The average Bonchev–Trinajstić information content (AvgIpc) is 3.18. The van der Waals surface area contributed by atoms with Gasteiger partial charge in [0.15, 0.2) is 9.47 Å². The predicted octanol–water partition coefficient (Wildman–Crippen LogP) is 4.85. The van der Waals surface area contributed by atoms with E-state index in [1.54, 1.807) is 34.9 Å². The molecule has 9 heteroatoms. The lowest BCUT2D eigenvalue weighted by molar-refractivity contribution is -0.116. The van der Waals surface area contributed by atoms with Crippen molar-refractivity contribution in [2.24, 2.45) is 0 Å². The highest BCUT2D eigenvalue weighted by atomic mass is 32.2. The van der Waals surface area contributed by atoms with Gasteiger partial charge in [0.05, 0.1) is 5.69 Å². The molecule has 0 saturated heterocycles. The van der Waals surface area contributed by atoms with Crippen LogP contribution in [0.3, 0.4) is 0 Å². The minimum absolute atomic E-state index is 0.0385. The number of nitrogens with one attached hydrogen (secondary N) is 1. The lowest BCUT2D eigenvalue weighted by atomic mass is 10.2. The maximum atomic E-state index is 11.8. The van der Waals surface area contributed by atoms with Gasteiger partial charge in [-0.3, -0.25) is 9.69 Å². The van der Waals surface area contributed by atoms with Crippen LogP contribution in [0.15, 0.2) is 34.0 Å². The second-order valence-electron chi connectivity index (χ2n) is 6.34. The van der Waals surface area contributed by atoms with Crippen LogP contribution in [0.4, 0.5) is 16.0 Å². The number of anilines is 3. The van der Waals surface area contributed by atoms with Gasteiger partial charge in [-0.1, -0.05) is 41.3 Å². The summed E-state index contributed by atoms with van der Waals surface area (Å²) in [5.41, 5.74) is 3.27. The first-order valence-corrected chi connectivity index (χ1v) is 11.3. The average molecular weight is 418 g/mol. The lowest BCUT2D eigenvalue weighted by Crippen LogP contribution is -2.30. The van der Waals surface area contributed by atoms with Gasteiger partial charge in [0.1, 0.15) is 0 Å². The van der Waals surface area contributed by atoms with Gasteiger partial charge in [0.25, 0.3) is 0 Å². The molecule has 0 bridgehead atoms. The number of nitrogens with zero attached hydrogens (tertiary/aromatic N) is 4. The zero-order valence-corrected chi connectivity index (χ0v) is 17.5. The van der Waals surface area contributed by atoms with Crippen molar-refractivity contribution in [2.45, 2.75) is 42.8 Å². The van der Waals surface area contributed by atoms with Gasteiger partial charge in [0.2, 0.25) is 11.0 Å². The summed E-state index contributed by atoms with van der Waals surface area (Å²) in [7, 11) is 0. The van der Waals surface area contributed by atoms with Crippen LogP contribution in [-0.4, -0.2) is 27.1 Å². The topological polar surface area (TPSA) is 71.0 Å². The number of rotatable bonds is 7. The Morgan fingerprint density at radius 2 is 2.15 bits per heavy atom. The number of thiazole rings is 1. The molecule has 1 aromatic carbocycles. The number of hydrogen-bond acceptors (Lipinski definition) is 8. The lowest BCUT2D eigenvalue weighted by Gasteiger charge is -2.15. The van der Waals surface area contributed by atoms with E-state index in [0.717, 1.165) is 39.4 Å². The smallest absolute Gasteiger partial charge is 0.225 e. The summed E-state index contributed by atoms with van der Waals surface area (Å²) < 4.78 is 0.860. The SMILES string of the molecule is CC(=O)N(c1nnc(SCc2csc(Nc3ccccc3C)n2)s1)C1CC1. The predicted molar refractivity (Wildman–Crippen MR) is 112 cm³/mol. The Hall–Kier alpha value is -1.97. The van der Waals surface area contributed by atoms with Gasteiger partial charge in [-0.2, -0.15) is 0 Å². The number of para-hydroxylation sites is 1.